The zero-order chi connectivity index (χ0) is 8.27. The van der Waals surface area contributed by atoms with Gasteiger partial charge in [-0.2, -0.15) is 11.8 Å². The Kier molecular flexibility index (Phi) is 3.24. The quantitative estimate of drug-likeness (QED) is 0.551. The Balaban J connectivity index is 2.52. The molecular formula is C8H15NOS. The highest BCUT2D eigenvalue weighted by molar-refractivity contribution is 7.99. The summed E-state index contributed by atoms with van der Waals surface area (Å²) in [7, 11) is 0. The normalized spacial score (nSPS) is 26.4. The first kappa shape index (κ1) is 8.91. The Morgan fingerprint density at radius 2 is 2.27 bits per heavy atom. The molecule has 1 unspecified atom stereocenters. The van der Waals surface area contributed by atoms with Crippen molar-refractivity contribution in [2.45, 2.75) is 26.3 Å². The van der Waals surface area contributed by atoms with E-state index in [2.05, 4.69) is 6.92 Å². The zero-order valence-electron chi connectivity index (χ0n) is 7.17. The van der Waals surface area contributed by atoms with Gasteiger partial charge in [0.25, 0.3) is 0 Å². The van der Waals surface area contributed by atoms with Crippen LogP contribution in [0.1, 0.15) is 20.3 Å². The number of thioether (sulfide) groups is 1. The van der Waals surface area contributed by atoms with Gasteiger partial charge in [-0.1, -0.05) is 0 Å². The average molecular weight is 173 g/mol. The van der Waals surface area contributed by atoms with E-state index in [1.807, 2.05) is 16.7 Å². The summed E-state index contributed by atoms with van der Waals surface area (Å²) in [6, 6.07) is 0.447. The van der Waals surface area contributed by atoms with Gasteiger partial charge in [-0.15, -0.1) is 0 Å². The lowest BCUT2D eigenvalue weighted by atomic mass is 10.2. The van der Waals surface area contributed by atoms with Crippen molar-refractivity contribution < 1.29 is 4.79 Å². The van der Waals surface area contributed by atoms with E-state index in [1.54, 1.807) is 6.92 Å². The minimum absolute atomic E-state index is 0.222. The summed E-state index contributed by atoms with van der Waals surface area (Å²) in [5.74, 6) is 2.52. The van der Waals surface area contributed by atoms with E-state index in [1.165, 1.54) is 5.75 Å². The molecule has 1 saturated heterocycles. The van der Waals surface area contributed by atoms with E-state index < -0.39 is 0 Å². The van der Waals surface area contributed by atoms with Crippen molar-refractivity contribution in [1.82, 2.24) is 4.90 Å². The maximum absolute atomic E-state index is 11.1. The molecule has 0 aromatic heterocycles. The molecule has 1 heterocycles. The second-order valence-electron chi connectivity index (χ2n) is 2.96. The van der Waals surface area contributed by atoms with Crippen molar-refractivity contribution in [2.75, 3.05) is 18.1 Å². The van der Waals surface area contributed by atoms with Crippen molar-refractivity contribution >= 4 is 17.7 Å². The Hall–Kier alpha value is -0.180. The van der Waals surface area contributed by atoms with Crippen molar-refractivity contribution in [1.29, 1.82) is 0 Å². The van der Waals surface area contributed by atoms with Gasteiger partial charge in [0.05, 0.1) is 0 Å². The molecule has 2 nitrogen and oxygen atoms in total. The number of carbonyl (C=O) groups is 1. The van der Waals surface area contributed by atoms with Crippen LogP contribution in [0.2, 0.25) is 0 Å². The van der Waals surface area contributed by atoms with E-state index in [0.717, 1.165) is 18.7 Å². The number of carbonyl (C=O) groups excluding carboxylic acids is 1. The number of nitrogens with zero attached hydrogens (tertiary/aromatic N) is 1. The van der Waals surface area contributed by atoms with Crippen LogP contribution < -0.4 is 0 Å². The van der Waals surface area contributed by atoms with Crippen LogP contribution in [0.25, 0.3) is 0 Å². The highest BCUT2D eigenvalue weighted by atomic mass is 32.2. The van der Waals surface area contributed by atoms with Gasteiger partial charge in [-0.05, 0) is 19.1 Å². The Labute approximate surface area is 72.3 Å². The lowest BCUT2D eigenvalue weighted by Crippen LogP contribution is -2.37. The maximum atomic E-state index is 11.1. The third-order valence-corrected chi connectivity index (χ3v) is 3.09. The van der Waals surface area contributed by atoms with Gasteiger partial charge >= 0.3 is 0 Å². The largest absolute Gasteiger partial charge is 0.339 e. The van der Waals surface area contributed by atoms with Crippen LogP contribution in [0.3, 0.4) is 0 Å². The summed E-state index contributed by atoms with van der Waals surface area (Å²) in [6.45, 7) is 4.72. The van der Waals surface area contributed by atoms with Crippen LogP contribution in [0, 0.1) is 0 Å². The van der Waals surface area contributed by atoms with Gasteiger partial charge in [-0.25, -0.2) is 0 Å². The monoisotopic (exact) mass is 173 g/mol. The van der Waals surface area contributed by atoms with Crippen LogP contribution in [0.4, 0.5) is 0 Å². The fourth-order valence-corrected chi connectivity index (χ4v) is 2.40. The molecule has 11 heavy (non-hydrogen) atoms. The molecular weight excluding hydrogens is 158 g/mol. The molecule has 1 atom stereocenters. The van der Waals surface area contributed by atoms with Gasteiger partial charge in [0.2, 0.25) is 5.91 Å². The van der Waals surface area contributed by atoms with Gasteiger partial charge < -0.3 is 4.90 Å². The fourth-order valence-electron chi connectivity index (χ4n) is 1.36. The highest BCUT2D eigenvalue weighted by Crippen LogP contribution is 2.15. The Bertz CT molecular complexity index is 149. The number of amides is 1. The van der Waals surface area contributed by atoms with Crippen molar-refractivity contribution in [3.8, 4) is 0 Å². The van der Waals surface area contributed by atoms with Gasteiger partial charge in [0.15, 0.2) is 0 Å². The maximum Gasteiger partial charge on any atom is 0.219 e. The molecule has 0 aromatic rings. The molecule has 0 spiro atoms. The molecule has 0 aliphatic carbocycles. The summed E-state index contributed by atoms with van der Waals surface area (Å²) in [4.78, 5) is 13.1. The fraction of sp³-hybridized carbons (Fsp3) is 0.875. The Morgan fingerprint density at radius 1 is 1.55 bits per heavy atom. The molecule has 0 bridgehead atoms. The van der Waals surface area contributed by atoms with Crippen molar-refractivity contribution in [3.63, 3.8) is 0 Å². The highest BCUT2D eigenvalue weighted by Gasteiger charge is 2.18. The lowest BCUT2D eigenvalue weighted by Gasteiger charge is -2.25. The number of hydrogen-bond acceptors (Lipinski definition) is 2. The summed E-state index contributed by atoms with van der Waals surface area (Å²) >= 11 is 1.95. The molecule has 0 radical (unpaired) electrons. The first-order valence-corrected chi connectivity index (χ1v) is 5.22. The summed E-state index contributed by atoms with van der Waals surface area (Å²) in [5, 5.41) is 0. The average Bonchev–Trinajstić information content (AvgIpc) is 2.13. The molecule has 1 amide bonds. The van der Waals surface area contributed by atoms with Crippen LogP contribution in [0.15, 0.2) is 0 Å². The van der Waals surface area contributed by atoms with Gasteiger partial charge in [0, 0.05) is 25.3 Å². The minimum Gasteiger partial charge on any atom is -0.339 e. The minimum atomic E-state index is 0.222. The van der Waals surface area contributed by atoms with Crippen LogP contribution in [-0.4, -0.2) is 34.9 Å². The van der Waals surface area contributed by atoms with E-state index in [9.17, 15) is 4.79 Å². The van der Waals surface area contributed by atoms with E-state index in [0.29, 0.717) is 6.04 Å². The van der Waals surface area contributed by atoms with E-state index in [4.69, 9.17) is 0 Å². The SMILES string of the molecule is CC(=O)N1CCSCCC1C. The first-order valence-electron chi connectivity index (χ1n) is 4.07. The van der Waals surface area contributed by atoms with Crippen LogP contribution >= 0.6 is 11.8 Å². The van der Waals surface area contributed by atoms with E-state index in [-0.39, 0.29) is 5.91 Å². The molecule has 1 aliphatic heterocycles. The topological polar surface area (TPSA) is 20.3 Å². The van der Waals surface area contributed by atoms with Crippen LogP contribution in [-0.2, 0) is 4.79 Å². The molecule has 1 aliphatic rings. The molecule has 3 heteroatoms. The second kappa shape index (κ2) is 4.00. The predicted molar refractivity (Wildman–Crippen MR) is 48.8 cm³/mol. The molecule has 0 aromatic carbocycles. The standard InChI is InChI=1S/C8H15NOS/c1-7-3-5-11-6-4-9(7)8(2)10/h7H,3-6H2,1-2H3. The predicted octanol–water partition coefficient (Wildman–Crippen LogP) is 1.36. The van der Waals surface area contributed by atoms with E-state index >= 15 is 0 Å². The summed E-state index contributed by atoms with van der Waals surface area (Å²) in [6.07, 6.45) is 1.14. The van der Waals surface area contributed by atoms with Crippen LogP contribution in [0.5, 0.6) is 0 Å². The molecule has 0 saturated carbocycles. The number of hydrogen-bond donors (Lipinski definition) is 0. The van der Waals surface area contributed by atoms with Gasteiger partial charge in [0.1, 0.15) is 0 Å². The second-order valence-corrected chi connectivity index (χ2v) is 4.19. The molecule has 1 rings (SSSR count). The third kappa shape index (κ3) is 2.40. The van der Waals surface area contributed by atoms with Crippen molar-refractivity contribution in [3.05, 3.63) is 0 Å². The van der Waals surface area contributed by atoms with Gasteiger partial charge in [-0.3, -0.25) is 4.79 Å². The molecule has 0 N–H and O–H groups in total. The molecule has 64 valence electrons. The first-order chi connectivity index (χ1) is 5.22. The number of rotatable bonds is 0. The molecule has 1 fully saturated rings. The van der Waals surface area contributed by atoms with Crippen molar-refractivity contribution in [2.24, 2.45) is 0 Å². The lowest BCUT2D eigenvalue weighted by molar-refractivity contribution is -0.130. The summed E-state index contributed by atoms with van der Waals surface area (Å²) in [5.41, 5.74) is 0. The summed E-state index contributed by atoms with van der Waals surface area (Å²) < 4.78 is 0. The Morgan fingerprint density at radius 3 is 2.91 bits per heavy atom. The smallest absolute Gasteiger partial charge is 0.219 e. The zero-order valence-corrected chi connectivity index (χ0v) is 7.99. The third-order valence-electron chi connectivity index (χ3n) is 2.09.